The number of halogens is 1. The number of nitrogens with zero attached hydrogens (tertiary/aromatic N) is 2. The van der Waals surface area contributed by atoms with Gasteiger partial charge in [0.05, 0.1) is 20.8 Å². The lowest BCUT2D eigenvalue weighted by molar-refractivity contribution is -0.133. The summed E-state index contributed by atoms with van der Waals surface area (Å²) >= 11 is 0. The van der Waals surface area contributed by atoms with Crippen molar-refractivity contribution in [1.29, 1.82) is 0 Å². The van der Waals surface area contributed by atoms with Crippen LogP contribution in [0.25, 0.3) is 0 Å². The molecule has 0 aromatic heterocycles. The monoisotopic (exact) mass is 372 g/mol. The van der Waals surface area contributed by atoms with E-state index in [0.717, 1.165) is 23.3 Å². The highest BCUT2D eigenvalue weighted by molar-refractivity contribution is 5.78. The van der Waals surface area contributed by atoms with Gasteiger partial charge in [0, 0.05) is 19.6 Å². The summed E-state index contributed by atoms with van der Waals surface area (Å²) in [6.45, 7) is 2.17. The van der Waals surface area contributed by atoms with Crippen molar-refractivity contribution in [2.24, 2.45) is 0 Å². The van der Waals surface area contributed by atoms with Gasteiger partial charge in [0.1, 0.15) is 5.82 Å². The molecule has 2 aromatic rings. The van der Waals surface area contributed by atoms with Crippen molar-refractivity contribution in [2.75, 3.05) is 34.4 Å². The molecule has 1 amide bonds. The van der Waals surface area contributed by atoms with E-state index in [2.05, 4.69) is 0 Å². The zero-order valence-electron chi connectivity index (χ0n) is 16.0. The van der Waals surface area contributed by atoms with Gasteiger partial charge in [-0.1, -0.05) is 12.1 Å². The van der Waals surface area contributed by atoms with Gasteiger partial charge < -0.3 is 14.4 Å². The Morgan fingerprint density at radius 1 is 1.11 bits per heavy atom. The minimum atomic E-state index is -0.253. The number of hydrogen-bond donors (Lipinski definition) is 0. The summed E-state index contributed by atoms with van der Waals surface area (Å²) in [6, 6.07) is 10.3. The van der Waals surface area contributed by atoms with Crippen LogP contribution in [0.1, 0.15) is 16.7 Å². The number of ether oxygens (including phenoxy) is 2. The molecule has 0 N–H and O–H groups in total. The van der Waals surface area contributed by atoms with Crippen molar-refractivity contribution in [3.63, 3.8) is 0 Å². The van der Waals surface area contributed by atoms with Crippen LogP contribution in [0.15, 0.2) is 36.4 Å². The third-order valence-corrected chi connectivity index (χ3v) is 4.84. The first-order valence-corrected chi connectivity index (χ1v) is 8.94. The van der Waals surface area contributed by atoms with Gasteiger partial charge in [-0.3, -0.25) is 9.69 Å². The van der Waals surface area contributed by atoms with Crippen molar-refractivity contribution in [2.45, 2.75) is 19.5 Å². The molecule has 0 spiro atoms. The first-order chi connectivity index (χ1) is 13.0. The van der Waals surface area contributed by atoms with Crippen LogP contribution in [0.5, 0.6) is 11.5 Å². The van der Waals surface area contributed by atoms with Gasteiger partial charge in [-0.15, -0.1) is 0 Å². The number of rotatable bonds is 6. The molecule has 5 nitrogen and oxygen atoms in total. The Balaban J connectivity index is 1.62. The SMILES string of the molecule is COc1cc2c(cc1OC)CN(C(=O)CN(C)Cc1ccc(F)cc1)CC2. The second-order valence-corrected chi connectivity index (χ2v) is 6.84. The molecule has 0 saturated carbocycles. The predicted octanol–water partition coefficient (Wildman–Crippen LogP) is 2.86. The van der Waals surface area contributed by atoms with Crippen LogP contribution in [-0.4, -0.2) is 50.1 Å². The van der Waals surface area contributed by atoms with E-state index in [0.29, 0.717) is 31.9 Å². The van der Waals surface area contributed by atoms with Crippen molar-refractivity contribution >= 4 is 5.91 Å². The first kappa shape index (κ1) is 19.2. The molecule has 0 unspecified atom stereocenters. The Labute approximate surface area is 159 Å². The zero-order valence-corrected chi connectivity index (χ0v) is 16.0. The second kappa shape index (κ2) is 8.39. The fraction of sp³-hybridized carbons (Fsp3) is 0.381. The highest BCUT2D eigenvalue weighted by Crippen LogP contribution is 2.33. The average molecular weight is 372 g/mol. The van der Waals surface area contributed by atoms with Crippen LogP contribution >= 0.6 is 0 Å². The normalized spacial score (nSPS) is 13.4. The van der Waals surface area contributed by atoms with E-state index in [1.54, 1.807) is 26.4 Å². The van der Waals surface area contributed by atoms with Gasteiger partial charge in [0.2, 0.25) is 5.91 Å². The molecule has 1 aliphatic rings. The molecular weight excluding hydrogens is 347 g/mol. The summed E-state index contributed by atoms with van der Waals surface area (Å²) in [6.07, 6.45) is 0.795. The Morgan fingerprint density at radius 3 is 2.37 bits per heavy atom. The van der Waals surface area contributed by atoms with E-state index >= 15 is 0 Å². The lowest BCUT2D eigenvalue weighted by Crippen LogP contribution is -2.41. The van der Waals surface area contributed by atoms with Crippen LogP contribution in [0.2, 0.25) is 0 Å². The molecular formula is C21H25FN2O3. The van der Waals surface area contributed by atoms with E-state index in [1.807, 2.05) is 29.0 Å². The summed E-state index contributed by atoms with van der Waals surface area (Å²) in [4.78, 5) is 16.5. The summed E-state index contributed by atoms with van der Waals surface area (Å²) in [5, 5.41) is 0. The van der Waals surface area contributed by atoms with Crippen LogP contribution in [-0.2, 0) is 24.3 Å². The van der Waals surface area contributed by atoms with Crippen molar-refractivity contribution in [1.82, 2.24) is 9.80 Å². The average Bonchev–Trinajstić information content (AvgIpc) is 2.68. The van der Waals surface area contributed by atoms with Gasteiger partial charge in [0.25, 0.3) is 0 Å². The predicted molar refractivity (Wildman–Crippen MR) is 101 cm³/mol. The summed E-state index contributed by atoms with van der Waals surface area (Å²) in [5.41, 5.74) is 3.26. The lowest BCUT2D eigenvalue weighted by atomic mass is 9.98. The Hall–Kier alpha value is -2.60. The number of likely N-dealkylation sites (N-methyl/N-ethyl adjacent to an activating group) is 1. The topological polar surface area (TPSA) is 42.0 Å². The zero-order chi connectivity index (χ0) is 19.4. The fourth-order valence-corrected chi connectivity index (χ4v) is 3.38. The number of hydrogen-bond acceptors (Lipinski definition) is 4. The minimum Gasteiger partial charge on any atom is -0.493 e. The molecule has 3 rings (SSSR count). The van der Waals surface area contributed by atoms with Crippen molar-refractivity contribution in [3.05, 3.63) is 58.9 Å². The lowest BCUT2D eigenvalue weighted by Gasteiger charge is -2.31. The standard InChI is InChI=1S/C21H25FN2O3/c1-23(12-15-4-6-18(22)7-5-15)14-21(25)24-9-8-16-10-19(26-2)20(27-3)11-17(16)13-24/h4-7,10-11H,8-9,12-14H2,1-3H3. The van der Waals surface area contributed by atoms with Gasteiger partial charge in [0.15, 0.2) is 11.5 Å². The van der Waals surface area contributed by atoms with E-state index < -0.39 is 0 Å². The number of carbonyl (C=O) groups excluding carboxylic acids is 1. The van der Waals surface area contributed by atoms with E-state index in [9.17, 15) is 9.18 Å². The van der Waals surface area contributed by atoms with Gasteiger partial charge >= 0.3 is 0 Å². The molecule has 0 radical (unpaired) electrons. The third kappa shape index (κ3) is 4.57. The molecule has 2 aromatic carbocycles. The second-order valence-electron chi connectivity index (χ2n) is 6.84. The first-order valence-electron chi connectivity index (χ1n) is 8.94. The maximum Gasteiger partial charge on any atom is 0.237 e. The fourth-order valence-electron chi connectivity index (χ4n) is 3.38. The van der Waals surface area contributed by atoms with Crippen molar-refractivity contribution in [3.8, 4) is 11.5 Å². The van der Waals surface area contributed by atoms with Gasteiger partial charge in [-0.25, -0.2) is 4.39 Å². The smallest absolute Gasteiger partial charge is 0.237 e. The molecule has 0 aliphatic carbocycles. The highest BCUT2D eigenvalue weighted by Gasteiger charge is 2.23. The van der Waals surface area contributed by atoms with Gasteiger partial charge in [-0.05, 0) is 54.4 Å². The minimum absolute atomic E-state index is 0.0834. The van der Waals surface area contributed by atoms with E-state index in [1.165, 1.54) is 17.7 Å². The Kier molecular flexibility index (Phi) is 5.96. The molecule has 0 bridgehead atoms. The van der Waals surface area contributed by atoms with Crippen LogP contribution in [0.4, 0.5) is 4.39 Å². The number of fused-ring (bicyclic) bond motifs is 1. The van der Waals surface area contributed by atoms with E-state index in [-0.39, 0.29) is 11.7 Å². The van der Waals surface area contributed by atoms with Crippen LogP contribution in [0, 0.1) is 5.82 Å². The molecule has 6 heteroatoms. The van der Waals surface area contributed by atoms with Crippen LogP contribution < -0.4 is 9.47 Å². The molecule has 27 heavy (non-hydrogen) atoms. The largest absolute Gasteiger partial charge is 0.493 e. The Bertz CT molecular complexity index is 808. The van der Waals surface area contributed by atoms with Crippen LogP contribution in [0.3, 0.4) is 0 Å². The number of methoxy groups -OCH3 is 2. The molecule has 144 valence electrons. The maximum atomic E-state index is 13.0. The molecule has 1 heterocycles. The highest BCUT2D eigenvalue weighted by atomic mass is 19.1. The number of benzene rings is 2. The molecule has 0 saturated heterocycles. The molecule has 0 fully saturated rings. The van der Waals surface area contributed by atoms with Gasteiger partial charge in [-0.2, -0.15) is 0 Å². The maximum absolute atomic E-state index is 13.0. The Morgan fingerprint density at radius 2 is 1.74 bits per heavy atom. The number of carbonyl (C=O) groups is 1. The third-order valence-electron chi connectivity index (χ3n) is 4.84. The van der Waals surface area contributed by atoms with E-state index in [4.69, 9.17) is 9.47 Å². The summed E-state index contributed by atoms with van der Waals surface area (Å²) in [7, 11) is 5.13. The summed E-state index contributed by atoms with van der Waals surface area (Å²) < 4.78 is 23.7. The molecule has 0 atom stereocenters. The summed E-state index contributed by atoms with van der Waals surface area (Å²) in [5.74, 6) is 1.23. The number of amides is 1. The quantitative estimate of drug-likeness (QED) is 0.782. The molecule has 1 aliphatic heterocycles. The van der Waals surface area contributed by atoms with Crippen molar-refractivity contribution < 1.29 is 18.7 Å².